The van der Waals surface area contributed by atoms with Gasteiger partial charge in [-0.2, -0.15) is 0 Å². The van der Waals surface area contributed by atoms with E-state index in [9.17, 15) is 0 Å². The van der Waals surface area contributed by atoms with Crippen molar-refractivity contribution in [3.05, 3.63) is 57.0 Å². The molecular weight excluding hydrogens is 366 g/mol. The monoisotopic (exact) mass is 383 g/mol. The molecule has 0 saturated carbocycles. The fraction of sp³-hybridized carbons (Fsp3) is 0.294. The molecule has 0 aliphatic carbocycles. The van der Waals surface area contributed by atoms with Gasteiger partial charge in [0, 0.05) is 16.0 Å². The van der Waals surface area contributed by atoms with Gasteiger partial charge >= 0.3 is 0 Å². The van der Waals surface area contributed by atoms with E-state index in [-0.39, 0.29) is 0 Å². The summed E-state index contributed by atoms with van der Waals surface area (Å²) < 4.78 is 12.6. The summed E-state index contributed by atoms with van der Waals surface area (Å²) in [6.07, 6.45) is 0. The molecule has 1 N–H and O–H groups in total. The first-order valence-electron chi connectivity index (χ1n) is 7.11. The van der Waals surface area contributed by atoms with E-state index in [1.54, 1.807) is 0 Å². The van der Waals surface area contributed by atoms with E-state index >= 15 is 0 Å². The summed E-state index contributed by atoms with van der Waals surface area (Å²) in [6.45, 7) is 3.75. The maximum absolute atomic E-state index is 5.99. The molecule has 118 valence electrons. The average Bonchev–Trinajstić information content (AvgIpc) is 2.49. The first-order chi connectivity index (χ1) is 10.6. The molecule has 3 nitrogen and oxygen atoms in total. The van der Waals surface area contributed by atoms with Gasteiger partial charge < -0.3 is 14.8 Å². The standard InChI is InChI=1S/C17H19BrClNO2/c1-3-21-16-8-13(10-20-2)15(18)9-17(16)22-11-12-5-4-6-14(19)7-12/h4-9,20H,3,10-11H2,1-2H3. The largest absolute Gasteiger partial charge is 0.490 e. The van der Waals surface area contributed by atoms with Crippen molar-refractivity contribution in [3.8, 4) is 11.5 Å². The smallest absolute Gasteiger partial charge is 0.162 e. The molecule has 2 aromatic rings. The number of ether oxygens (including phenoxy) is 2. The molecule has 0 aliphatic heterocycles. The van der Waals surface area contributed by atoms with Gasteiger partial charge in [-0.05, 0) is 49.4 Å². The molecule has 0 fully saturated rings. The summed E-state index contributed by atoms with van der Waals surface area (Å²) in [4.78, 5) is 0. The second-order valence-corrected chi connectivity index (χ2v) is 6.06. The normalized spacial score (nSPS) is 10.5. The molecule has 22 heavy (non-hydrogen) atoms. The minimum atomic E-state index is 0.443. The van der Waals surface area contributed by atoms with Crippen LogP contribution < -0.4 is 14.8 Å². The predicted molar refractivity (Wildman–Crippen MR) is 93.9 cm³/mol. The first kappa shape index (κ1) is 17.1. The maximum atomic E-state index is 5.99. The van der Waals surface area contributed by atoms with Crippen LogP contribution in [0.5, 0.6) is 11.5 Å². The molecule has 0 radical (unpaired) electrons. The zero-order valence-corrected chi connectivity index (χ0v) is 15.0. The fourth-order valence-corrected chi connectivity index (χ4v) is 2.75. The van der Waals surface area contributed by atoms with E-state index < -0.39 is 0 Å². The lowest BCUT2D eigenvalue weighted by molar-refractivity contribution is 0.269. The summed E-state index contributed by atoms with van der Waals surface area (Å²) in [5.74, 6) is 1.46. The van der Waals surface area contributed by atoms with Crippen molar-refractivity contribution < 1.29 is 9.47 Å². The maximum Gasteiger partial charge on any atom is 0.162 e. The van der Waals surface area contributed by atoms with Crippen LogP contribution in [0, 0.1) is 0 Å². The van der Waals surface area contributed by atoms with Crippen molar-refractivity contribution in [1.82, 2.24) is 5.32 Å². The number of hydrogen-bond donors (Lipinski definition) is 1. The van der Waals surface area contributed by atoms with Crippen LogP contribution in [0.2, 0.25) is 5.02 Å². The van der Waals surface area contributed by atoms with Crippen LogP contribution in [0.3, 0.4) is 0 Å². The quantitative estimate of drug-likeness (QED) is 0.744. The van der Waals surface area contributed by atoms with Crippen molar-refractivity contribution in [1.29, 1.82) is 0 Å². The Bertz CT molecular complexity index is 634. The van der Waals surface area contributed by atoms with Crippen LogP contribution in [0.15, 0.2) is 40.9 Å². The average molecular weight is 385 g/mol. The summed E-state index contributed by atoms with van der Waals surface area (Å²) in [7, 11) is 1.91. The SMILES string of the molecule is CCOc1cc(CNC)c(Br)cc1OCc1cccc(Cl)c1. The Kier molecular flexibility index (Phi) is 6.55. The minimum absolute atomic E-state index is 0.443. The lowest BCUT2D eigenvalue weighted by Gasteiger charge is -2.15. The van der Waals surface area contributed by atoms with E-state index in [1.807, 2.05) is 50.4 Å². The van der Waals surface area contributed by atoms with E-state index in [0.717, 1.165) is 27.9 Å². The molecule has 2 aromatic carbocycles. The molecule has 0 aliphatic rings. The van der Waals surface area contributed by atoms with Crippen LogP contribution >= 0.6 is 27.5 Å². The number of rotatable bonds is 7. The second-order valence-electron chi connectivity index (χ2n) is 4.77. The highest BCUT2D eigenvalue weighted by Gasteiger charge is 2.11. The molecule has 2 rings (SSSR count). The van der Waals surface area contributed by atoms with Gasteiger partial charge in [-0.3, -0.25) is 0 Å². The zero-order valence-electron chi connectivity index (χ0n) is 12.7. The molecule has 0 unspecified atom stereocenters. The molecule has 0 aromatic heterocycles. The Labute approximate surface area is 144 Å². The van der Waals surface area contributed by atoms with Crippen molar-refractivity contribution in [2.45, 2.75) is 20.1 Å². The fourth-order valence-electron chi connectivity index (χ4n) is 2.07. The van der Waals surface area contributed by atoms with Crippen LogP contribution in [0.4, 0.5) is 0 Å². The van der Waals surface area contributed by atoms with E-state index in [0.29, 0.717) is 24.0 Å². The second kappa shape index (κ2) is 8.42. The Morgan fingerprint density at radius 1 is 1.14 bits per heavy atom. The van der Waals surface area contributed by atoms with Crippen molar-refractivity contribution in [2.75, 3.05) is 13.7 Å². The van der Waals surface area contributed by atoms with Gasteiger partial charge in [0.15, 0.2) is 11.5 Å². The van der Waals surface area contributed by atoms with Crippen LogP contribution in [-0.4, -0.2) is 13.7 Å². The lowest BCUT2D eigenvalue weighted by Crippen LogP contribution is -2.07. The third kappa shape index (κ3) is 4.63. The molecule has 5 heteroatoms. The third-order valence-electron chi connectivity index (χ3n) is 3.06. The molecule has 0 amide bonds. The molecule has 0 saturated heterocycles. The van der Waals surface area contributed by atoms with Gasteiger partial charge in [0.2, 0.25) is 0 Å². The van der Waals surface area contributed by atoms with Crippen LogP contribution in [0.25, 0.3) is 0 Å². The summed E-state index contributed by atoms with van der Waals surface area (Å²) in [5.41, 5.74) is 2.14. The van der Waals surface area contributed by atoms with E-state index in [4.69, 9.17) is 21.1 Å². The Morgan fingerprint density at radius 3 is 2.59 bits per heavy atom. The minimum Gasteiger partial charge on any atom is -0.490 e. The molecule has 0 atom stereocenters. The van der Waals surface area contributed by atoms with Crippen LogP contribution in [-0.2, 0) is 13.2 Å². The first-order valence-corrected chi connectivity index (χ1v) is 8.28. The van der Waals surface area contributed by atoms with Gasteiger partial charge in [0.1, 0.15) is 6.61 Å². The van der Waals surface area contributed by atoms with Gasteiger partial charge in [-0.1, -0.05) is 39.7 Å². The molecule has 0 bridgehead atoms. The Balaban J connectivity index is 2.19. The van der Waals surface area contributed by atoms with E-state index in [2.05, 4.69) is 21.2 Å². The van der Waals surface area contributed by atoms with Gasteiger partial charge in [-0.15, -0.1) is 0 Å². The molecular formula is C17H19BrClNO2. The number of nitrogens with one attached hydrogen (secondary N) is 1. The van der Waals surface area contributed by atoms with Crippen molar-refractivity contribution >= 4 is 27.5 Å². The topological polar surface area (TPSA) is 30.5 Å². The predicted octanol–water partition coefficient (Wildman–Crippen LogP) is 4.80. The van der Waals surface area contributed by atoms with Crippen molar-refractivity contribution in [2.24, 2.45) is 0 Å². The zero-order chi connectivity index (χ0) is 15.9. The Hall–Kier alpha value is -1.23. The van der Waals surface area contributed by atoms with Gasteiger partial charge in [-0.25, -0.2) is 0 Å². The number of benzene rings is 2. The number of hydrogen-bond acceptors (Lipinski definition) is 3. The highest BCUT2D eigenvalue weighted by Crippen LogP contribution is 2.34. The summed E-state index contributed by atoms with van der Waals surface area (Å²) in [6, 6.07) is 11.6. The van der Waals surface area contributed by atoms with E-state index in [1.165, 1.54) is 0 Å². The highest BCUT2D eigenvalue weighted by atomic mass is 79.9. The molecule has 0 spiro atoms. The van der Waals surface area contributed by atoms with Crippen molar-refractivity contribution in [3.63, 3.8) is 0 Å². The number of halogens is 2. The van der Waals surface area contributed by atoms with Gasteiger partial charge in [0.05, 0.1) is 6.61 Å². The van der Waals surface area contributed by atoms with Crippen LogP contribution in [0.1, 0.15) is 18.1 Å². The Morgan fingerprint density at radius 2 is 1.91 bits per heavy atom. The van der Waals surface area contributed by atoms with Gasteiger partial charge in [0.25, 0.3) is 0 Å². The molecule has 0 heterocycles. The lowest BCUT2D eigenvalue weighted by atomic mass is 10.2. The summed E-state index contributed by atoms with van der Waals surface area (Å²) in [5, 5.41) is 3.84. The summed E-state index contributed by atoms with van der Waals surface area (Å²) >= 11 is 9.57. The third-order valence-corrected chi connectivity index (χ3v) is 4.04. The highest BCUT2D eigenvalue weighted by molar-refractivity contribution is 9.10.